The second-order valence-corrected chi connectivity index (χ2v) is 28.5. The maximum atomic E-state index is 12.9. The molecule has 1 N–H and O–H groups in total. The van der Waals surface area contributed by atoms with Gasteiger partial charge in [-0.05, 0) is 89.9 Å². The van der Waals surface area contributed by atoms with Crippen molar-refractivity contribution in [3.63, 3.8) is 0 Å². The van der Waals surface area contributed by atoms with Crippen molar-refractivity contribution in [2.75, 3.05) is 47.5 Å². The summed E-state index contributed by atoms with van der Waals surface area (Å²) in [6, 6.07) is 0. The van der Waals surface area contributed by atoms with Gasteiger partial charge in [-0.25, -0.2) is 4.57 Å². The molecule has 0 fully saturated rings. The minimum absolute atomic E-state index is 0.0314. The summed E-state index contributed by atoms with van der Waals surface area (Å²) in [5, 5.41) is 0. The van der Waals surface area contributed by atoms with Gasteiger partial charge in [0.25, 0.3) is 0 Å². The normalized spacial score (nSPS) is 13.5. The maximum absolute atomic E-state index is 12.9. The number of phosphoric acid groups is 1. The van der Waals surface area contributed by atoms with Gasteiger partial charge in [-0.3, -0.25) is 18.6 Å². The summed E-state index contributed by atoms with van der Waals surface area (Å²) in [6.07, 6.45) is 97.1. The molecule has 0 heterocycles. The zero-order valence-corrected chi connectivity index (χ0v) is 60.8. The van der Waals surface area contributed by atoms with Crippen LogP contribution in [0.2, 0.25) is 0 Å². The summed E-state index contributed by atoms with van der Waals surface area (Å²) >= 11 is 0. The van der Waals surface area contributed by atoms with Crippen molar-refractivity contribution in [1.29, 1.82) is 0 Å². The van der Waals surface area contributed by atoms with Crippen molar-refractivity contribution in [1.82, 2.24) is 0 Å². The number of carbonyl (C=O) groups excluding carboxylic acids is 2. The maximum Gasteiger partial charge on any atom is 0.472 e. The third kappa shape index (κ3) is 74.2. The van der Waals surface area contributed by atoms with Gasteiger partial charge in [0, 0.05) is 12.8 Å². The van der Waals surface area contributed by atoms with Crippen LogP contribution >= 0.6 is 7.82 Å². The topological polar surface area (TPSA) is 108 Å². The van der Waals surface area contributed by atoms with Crippen molar-refractivity contribution in [2.24, 2.45) is 0 Å². The molecule has 0 aliphatic rings. The fourth-order valence-electron chi connectivity index (χ4n) is 11.1. The Kier molecular flexibility index (Phi) is 68.3. The second-order valence-electron chi connectivity index (χ2n) is 27.0. The van der Waals surface area contributed by atoms with E-state index in [1.165, 1.54) is 257 Å². The summed E-state index contributed by atoms with van der Waals surface area (Å²) in [4.78, 5) is 36.0. The number of carbonyl (C=O) groups is 2. The van der Waals surface area contributed by atoms with Crippen LogP contribution in [0.5, 0.6) is 0 Å². The highest BCUT2D eigenvalue weighted by atomic mass is 31.2. The summed E-state index contributed by atoms with van der Waals surface area (Å²) in [5.74, 6) is -0.782. The minimum atomic E-state index is -4.40. The van der Waals surface area contributed by atoms with E-state index < -0.39 is 26.5 Å². The molecule has 0 aromatic rings. The van der Waals surface area contributed by atoms with Gasteiger partial charge in [0.1, 0.15) is 19.8 Å². The molecule has 0 aromatic carbocycles. The number of rotatable bonds is 71. The molecule has 0 spiro atoms. The molecule has 0 bridgehead atoms. The van der Waals surface area contributed by atoms with Gasteiger partial charge in [0.2, 0.25) is 0 Å². The van der Waals surface area contributed by atoms with Gasteiger partial charge in [0.05, 0.1) is 27.7 Å². The molecule has 0 aliphatic heterocycles. The molecule has 2 atom stereocenters. The zero-order chi connectivity index (χ0) is 65.5. The summed E-state index contributed by atoms with van der Waals surface area (Å²) < 4.78 is 34.8. The van der Waals surface area contributed by atoms with Crippen LogP contribution in [0, 0.1) is 0 Å². The van der Waals surface area contributed by atoms with Crippen molar-refractivity contribution in [2.45, 2.75) is 367 Å². The number of hydrogen-bond donors (Lipinski definition) is 1. The Bertz CT molecular complexity index is 1800. The highest BCUT2D eigenvalue weighted by Gasteiger charge is 2.27. The predicted octanol–water partition coefficient (Wildman–Crippen LogP) is 25.3. The molecule has 0 saturated carbocycles. The van der Waals surface area contributed by atoms with Gasteiger partial charge < -0.3 is 18.9 Å². The van der Waals surface area contributed by atoms with Gasteiger partial charge >= 0.3 is 19.8 Å². The van der Waals surface area contributed by atoms with Gasteiger partial charge in [-0.1, -0.05) is 343 Å². The monoisotopic (exact) mass is 1280 g/mol. The van der Waals surface area contributed by atoms with E-state index >= 15 is 0 Å². The van der Waals surface area contributed by atoms with Crippen LogP contribution in [0.15, 0.2) is 85.1 Å². The fourth-order valence-corrected chi connectivity index (χ4v) is 11.8. The number of ether oxygens (including phenoxy) is 2. The number of esters is 2. The van der Waals surface area contributed by atoms with Crippen LogP contribution in [0.1, 0.15) is 361 Å². The standard InChI is InChI=1S/C80H146NO8P/c1-6-8-10-12-14-16-18-20-22-24-26-28-30-32-34-36-38-39-40-41-43-44-46-48-50-52-54-56-58-60-62-64-66-68-70-72-79(82)86-76-78(77-88-90(84,85)87-75-74-81(3,4)5)89-80(83)73-71-69-67-65-63-61-59-57-55-53-51-49-47-45-42-37-35-33-31-29-27-25-23-21-19-17-15-13-11-9-7-2/h9,11,15,17-18,20-21,23-24,26-27,29,33,35,78H,6-8,10,12-14,16,19,22,25,28,30-32,34,36-77H2,1-5H3/p+1/b11-9-,17-15-,20-18-,23-21-,26-24-,29-27-,35-33-. The Morgan fingerprint density at radius 1 is 0.356 bits per heavy atom. The summed E-state index contributed by atoms with van der Waals surface area (Å²) in [6.45, 7) is 4.36. The van der Waals surface area contributed by atoms with Crippen LogP contribution in [0.4, 0.5) is 0 Å². The lowest BCUT2D eigenvalue weighted by Gasteiger charge is -2.24. The average molecular weight is 1280 g/mol. The van der Waals surface area contributed by atoms with Crippen molar-refractivity contribution in [3.05, 3.63) is 85.1 Å². The Morgan fingerprint density at radius 2 is 0.633 bits per heavy atom. The van der Waals surface area contributed by atoms with Crippen molar-refractivity contribution >= 4 is 19.8 Å². The van der Waals surface area contributed by atoms with E-state index in [-0.39, 0.29) is 25.6 Å². The van der Waals surface area contributed by atoms with Crippen LogP contribution in [0.3, 0.4) is 0 Å². The Labute approximate surface area is 558 Å². The van der Waals surface area contributed by atoms with Crippen molar-refractivity contribution in [3.8, 4) is 0 Å². The first kappa shape index (κ1) is 87.2. The van der Waals surface area contributed by atoms with Gasteiger partial charge in [0.15, 0.2) is 6.10 Å². The molecule has 0 amide bonds. The second kappa shape index (κ2) is 70.5. The van der Waals surface area contributed by atoms with E-state index in [1.807, 2.05) is 21.1 Å². The number of likely N-dealkylation sites (N-methyl/N-ethyl adjacent to an activating group) is 1. The number of allylic oxidation sites excluding steroid dienone is 14. The van der Waals surface area contributed by atoms with E-state index in [0.29, 0.717) is 23.9 Å². The first-order valence-electron chi connectivity index (χ1n) is 38.3. The lowest BCUT2D eigenvalue weighted by atomic mass is 10.0. The quantitative estimate of drug-likeness (QED) is 0.0211. The lowest BCUT2D eigenvalue weighted by Crippen LogP contribution is -2.37. The largest absolute Gasteiger partial charge is 0.472 e. The number of unbranched alkanes of at least 4 members (excludes halogenated alkanes) is 43. The predicted molar refractivity (Wildman–Crippen MR) is 390 cm³/mol. The minimum Gasteiger partial charge on any atom is -0.462 e. The van der Waals surface area contributed by atoms with Crippen molar-refractivity contribution < 1.29 is 42.1 Å². The van der Waals surface area contributed by atoms with Crippen LogP contribution in [-0.2, 0) is 32.7 Å². The molecule has 9 nitrogen and oxygen atoms in total. The lowest BCUT2D eigenvalue weighted by molar-refractivity contribution is -0.870. The molecular weight excluding hydrogens is 1130 g/mol. The SMILES string of the molecule is CC/C=C\C/C=C\C/C=C\C/C=C\C/C=C\CCCCCCCCCCCCCCCCCC(=O)OC(COC(=O)CCCCCCCCCCCCCCCCCCCCCCCCC/C=C\C/C=C\CCCCCCC)COP(=O)(O)OCC[N+](C)(C)C. The smallest absolute Gasteiger partial charge is 0.462 e. The van der Waals surface area contributed by atoms with E-state index in [1.54, 1.807) is 0 Å². The number of nitrogens with zero attached hydrogens (tertiary/aromatic N) is 1. The van der Waals surface area contributed by atoms with Crippen LogP contribution in [0.25, 0.3) is 0 Å². The third-order valence-corrected chi connectivity index (χ3v) is 17.9. The third-order valence-electron chi connectivity index (χ3n) is 16.9. The molecule has 0 saturated heterocycles. The van der Waals surface area contributed by atoms with Gasteiger partial charge in [-0.2, -0.15) is 0 Å². The first-order valence-corrected chi connectivity index (χ1v) is 39.8. The zero-order valence-electron chi connectivity index (χ0n) is 59.9. The van der Waals surface area contributed by atoms with E-state index in [9.17, 15) is 19.0 Å². The highest BCUT2D eigenvalue weighted by molar-refractivity contribution is 7.47. The molecule has 10 heteroatoms. The summed E-state index contributed by atoms with van der Waals surface area (Å²) in [5.41, 5.74) is 0. The average Bonchev–Trinajstić information content (AvgIpc) is 3.58. The molecule has 90 heavy (non-hydrogen) atoms. The molecule has 0 radical (unpaired) electrons. The molecule has 0 rings (SSSR count). The Balaban J connectivity index is 3.96. The fraction of sp³-hybridized carbons (Fsp3) is 0.800. The molecular formula is C80H147NO8P+. The highest BCUT2D eigenvalue weighted by Crippen LogP contribution is 2.43. The number of phosphoric ester groups is 1. The molecule has 0 aliphatic carbocycles. The van der Waals surface area contributed by atoms with E-state index in [4.69, 9.17) is 18.5 Å². The van der Waals surface area contributed by atoms with Crippen LogP contribution < -0.4 is 0 Å². The van der Waals surface area contributed by atoms with Crippen LogP contribution in [-0.4, -0.2) is 74.9 Å². The summed E-state index contributed by atoms with van der Waals surface area (Å²) in [7, 11) is 1.49. The molecule has 0 aromatic heterocycles. The van der Waals surface area contributed by atoms with E-state index in [2.05, 4.69) is 98.9 Å². The first-order chi connectivity index (χ1) is 44.0. The molecule has 2 unspecified atom stereocenters. The number of quaternary nitrogens is 1. The van der Waals surface area contributed by atoms with E-state index in [0.717, 1.165) is 70.6 Å². The Morgan fingerprint density at radius 3 is 0.944 bits per heavy atom. The molecule has 524 valence electrons. The number of hydrogen-bond acceptors (Lipinski definition) is 7. The van der Waals surface area contributed by atoms with Gasteiger partial charge in [-0.15, -0.1) is 0 Å². The Hall–Kier alpha value is -2.81.